The van der Waals surface area contributed by atoms with Crippen LogP contribution in [0.4, 0.5) is 0 Å². The Labute approximate surface area is 167 Å². The predicted molar refractivity (Wildman–Crippen MR) is 108 cm³/mol. The van der Waals surface area contributed by atoms with Gasteiger partial charge in [-0.2, -0.15) is 4.31 Å². The van der Waals surface area contributed by atoms with E-state index in [9.17, 15) is 13.2 Å². The number of rotatable bonds is 8. The summed E-state index contributed by atoms with van der Waals surface area (Å²) < 4.78 is 26.9. The van der Waals surface area contributed by atoms with Crippen LogP contribution in [0.2, 0.25) is 0 Å². The number of aryl methyl sites for hydroxylation is 1. The quantitative estimate of drug-likeness (QED) is 0.737. The molecule has 1 amide bonds. The molecule has 1 aromatic carbocycles. The van der Waals surface area contributed by atoms with Crippen LogP contribution in [-0.2, 0) is 27.7 Å². The molecule has 2 aromatic rings. The van der Waals surface area contributed by atoms with Crippen LogP contribution in [0.15, 0.2) is 53.6 Å². The Morgan fingerprint density at radius 2 is 1.75 bits per heavy atom. The van der Waals surface area contributed by atoms with Crippen LogP contribution in [0.3, 0.4) is 0 Å². The summed E-state index contributed by atoms with van der Waals surface area (Å²) >= 11 is 0. The molecule has 0 radical (unpaired) electrons. The van der Waals surface area contributed by atoms with E-state index in [-0.39, 0.29) is 5.91 Å². The monoisotopic (exact) mass is 401 g/mol. The molecule has 1 aliphatic heterocycles. The first-order valence-corrected chi connectivity index (χ1v) is 11.3. The van der Waals surface area contributed by atoms with Gasteiger partial charge in [-0.25, -0.2) is 8.42 Å². The first-order chi connectivity index (χ1) is 13.6. The third-order valence-corrected chi connectivity index (χ3v) is 6.86. The summed E-state index contributed by atoms with van der Waals surface area (Å²) in [7, 11) is -3.40. The molecular formula is C21H27N3O3S. The van der Waals surface area contributed by atoms with Crippen LogP contribution >= 0.6 is 0 Å². The van der Waals surface area contributed by atoms with Gasteiger partial charge >= 0.3 is 0 Å². The lowest BCUT2D eigenvalue weighted by Crippen LogP contribution is -2.35. The summed E-state index contributed by atoms with van der Waals surface area (Å²) in [6.07, 6.45) is 6.34. The van der Waals surface area contributed by atoms with E-state index in [4.69, 9.17) is 0 Å². The number of benzene rings is 1. The first kappa shape index (κ1) is 20.5. The van der Waals surface area contributed by atoms with Gasteiger partial charge in [0.15, 0.2) is 0 Å². The minimum Gasteiger partial charge on any atom is -0.356 e. The summed E-state index contributed by atoms with van der Waals surface area (Å²) in [5, 5.41) is 2.90. The largest absolute Gasteiger partial charge is 0.356 e. The Balaban J connectivity index is 1.45. The first-order valence-electron chi connectivity index (χ1n) is 9.81. The van der Waals surface area contributed by atoms with Gasteiger partial charge in [0.2, 0.25) is 15.9 Å². The van der Waals surface area contributed by atoms with E-state index < -0.39 is 10.0 Å². The predicted octanol–water partition coefficient (Wildman–Crippen LogP) is 2.55. The second-order valence-electron chi connectivity index (χ2n) is 7.03. The van der Waals surface area contributed by atoms with Crippen LogP contribution < -0.4 is 5.32 Å². The summed E-state index contributed by atoms with van der Waals surface area (Å²) in [6.45, 7) is 1.76. The van der Waals surface area contributed by atoms with E-state index in [0.717, 1.165) is 30.5 Å². The molecule has 0 saturated carbocycles. The number of piperidine rings is 1. The Morgan fingerprint density at radius 3 is 2.43 bits per heavy atom. The van der Waals surface area contributed by atoms with Gasteiger partial charge in [-0.3, -0.25) is 9.78 Å². The molecule has 0 bridgehead atoms. The fraction of sp³-hybridized carbons (Fsp3) is 0.429. The van der Waals surface area contributed by atoms with Gasteiger partial charge in [0, 0.05) is 44.4 Å². The van der Waals surface area contributed by atoms with Crippen LogP contribution in [-0.4, -0.2) is 43.2 Å². The topological polar surface area (TPSA) is 79.4 Å². The number of sulfonamides is 1. The molecule has 0 unspecified atom stereocenters. The molecule has 1 fully saturated rings. The van der Waals surface area contributed by atoms with E-state index in [1.807, 2.05) is 18.2 Å². The molecule has 28 heavy (non-hydrogen) atoms. The Kier molecular flexibility index (Phi) is 7.17. The molecule has 0 aliphatic carbocycles. The molecule has 7 heteroatoms. The summed E-state index contributed by atoms with van der Waals surface area (Å²) in [5.74, 6) is -0.0130. The van der Waals surface area contributed by atoms with Crippen LogP contribution in [0.1, 0.15) is 36.9 Å². The summed E-state index contributed by atoms with van der Waals surface area (Å²) in [4.78, 5) is 16.6. The number of carbonyl (C=O) groups excluding carboxylic acids is 1. The third kappa shape index (κ3) is 5.62. The van der Waals surface area contributed by atoms with Crippen molar-refractivity contribution in [2.45, 2.75) is 43.4 Å². The minimum absolute atomic E-state index is 0.0130. The highest BCUT2D eigenvalue weighted by molar-refractivity contribution is 7.89. The van der Waals surface area contributed by atoms with Crippen molar-refractivity contribution in [3.63, 3.8) is 0 Å². The van der Waals surface area contributed by atoms with Crippen LogP contribution in [0.5, 0.6) is 0 Å². The zero-order valence-corrected chi connectivity index (χ0v) is 16.8. The normalized spacial score (nSPS) is 15.3. The second kappa shape index (κ2) is 9.80. The van der Waals surface area contributed by atoms with E-state index in [0.29, 0.717) is 43.8 Å². The van der Waals surface area contributed by atoms with E-state index in [1.54, 1.807) is 34.8 Å². The summed E-state index contributed by atoms with van der Waals surface area (Å²) in [5.41, 5.74) is 1.91. The number of aromatic nitrogens is 1. The molecule has 150 valence electrons. The molecule has 1 N–H and O–H groups in total. The molecule has 1 aliphatic rings. The molecule has 0 atom stereocenters. The average molecular weight is 402 g/mol. The molecule has 0 spiro atoms. The smallest absolute Gasteiger partial charge is 0.243 e. The highest BCUT2D eigenvalue weighted by atomic mass is 32.2. The highest BCUT2D eigenvalue weighted by Crippen LogP contribution is 2.21. The van der Waals surface area contributed by atoms with Gasteiger partial charge in [-0.1, -0.05) is 24.6 Å². The number of nitrogens with one attached hydrogen (secondary N) is 1. The SMILES string of the molecule is O=C(CCc1ccc(S(=O)(=O)N2CCCCC2)cc1)NCCc1ccccn1. The zero-order valence-electron chi connectivity index (χ0n) is 16.0. The maximum Gasteiger partial charge on any atom is 0.243 e. The van der Waals surface area contributed by atoms with Gasteiger partial charge in [-0.15, -0.1) is 0 Å². The number of amides is 1. The fourth-order valence-electron chi connectivity index (χ4n) is 3.30. The van der Waals surface area contributed by atoms with Crippen molar-refractivity contribution in [2.24, 2.45) is 0 Å². The van der Waals surface area contributed by atoms with E-state index >= 15 is 0 Å². The van der Waals surface area contributed by atoms with Crippen molar-refractivity contribution >= 4 is 15.9 Å². The number of pyridine rings is 1. The van der Waals surface area contributed by atoms with Crippen molar-refractivity contribution in [1.29, 1.82) is 0 Å². The average Bonchev–Trinajstić information content (AvgIpc) is 2.74. The van der Waals surface area contributed by atoms with Gasteiger partial charge in [0.25, 0.3) is 0 Å². The van der Waals surface area contributed by atoms with Crippen molar-refractivity contribution in [2.75, 3.05) is 19.6 Å². The number of hydrogen-bond donors (Lipinski definition) is 1. The zero-order chi connectivity index (χ0) is 19.8. The lowest BCUT2D eigenvalue weighted by molar-refractivity contribution is -0.121. The van der Waals surface area contributed by atoms with Gasteiger partial charge in [0.1, 0.15) is 0 Å². The lowest BCUT2D eigenvalue weighted by atomic mass is 10.1. The Morgan fingerprint density at radius 1 is 1.00 bits per heavy atom. The number of hydrogen-bond acceptors (Lipinski definition) is 4. The molecular weight excluding hydrogens is 374 g/mol. The van der Waals surface area contributed by atoms with Gasteiger partial charge < -0.3 is 5.32 Å². The van der Waals surface area contributed by atoms with Crippen LogP contribution in [0.25, 0.3) is 0 Å². The van der Waals surface area contributed by atoms with Crippen LogP contribution in [0, 0.1) is 0 Å². The van der Waals surface area contributed by atoms with Gasteiger partial charge in [-0.05, 0) is 49.1 Å². The molecule has 6 nitrogen and oxygen atoms in total. The molecule has 3 rings (SSSR count). The lowest BCUT2D eigenvalue weighted by Gasteiger charge is -2.25. The molecule has 1 aromatic heterocycles. The Bertz CT molecular complexity index is 862. The third-order valence-electron chi connectivity index (χ3n) is 4.95. The number of carbonyl (C=O) groups is 1. The minimum atomic E-state index is -3.40. The number of nitrogens with zero attached hydrogens (tertiary/aromatic N) is 2. The van der Waals surface area contributed by atoms with Crippen molar-refractivity contribution < 1.29 is 13.2 Å². The molecule has 2 heterocycles. The van der Waals surface area contributed by atoms with E-state index in [2.05, 4.69) is 10.3 Å². The van der Waals surface area contributed by atoms with Crippen molar-refractivity contribution in [3.8, 4) is 0 Å². The Hall–Kier alpha value is -2.25. The van der Waals surface area contributed by atoms with Crippen molar-refractivity contribution in [3.05, 3.63) is 59.9 Å². The maximum atomic E-state index is 12.7. The van der Waals surface area contributed by atoms with Gasteiger partial charge in [0.05, 0.1) is 4.90 Å². The standard InChI is InChI=1S/C21H27N3O3S/c25-21(23-15-13-19-6-2-3-14-22-19)12-9-18-7-10-20(11-8-18)28(26,27)24-16-4-1-5-17-24/h2-3,6-8,10-11,14H,1,4-5,9,12-13,15-17H2,(H,23,25). The fourth-order valence-corrected chi connectivity index (χ4v) is 4.82. The second-order valence-corrected chi connectivity index (χ2v) is 8.97. The van der Waals surface area contributed by atoms with E-state index in [1.165, 1.54) is 0 Å². The highest BCUT2D eigenvalue weighted by Gasteiger charge is 2.25. The maximum absolute atomic E-state index is 12.7. The van der Waals surface area contributed by atoms with Crippen molar-refractivity contribution in [1.82, 2.24) is 14.6 Å². The summed E-state index contributed by atoms with van der Waals surface area (Å²) in [6, 6.07) is 12.6. The molecule has 1 saturated heterocycles.